The zero-order valence-corrected chi connectivity index (χ0v) is 11.9. The highest BCUT2D eigenvalue weighted by molar-refractivity contribution is 7.89. The molecule has 0 atom stereocenters. The number of carbonyl (C=O) groups excluding carboxylic acids is 1. The van der Waals surface area contributed by atoms with Gasteiger partial charge in [-0.1, -0.05) is 0 Å². The van der Waals surface area contributed by atoms with Crippen molar-refractivity contribution in [1.82, 2.24) is 9.71 Å². The number of carbonyl (C=O) groups is 1. The smallest absolute Gasteiger partial charge is 0.260 e. The first kappa shape index (κ1) is 15.4. The molecule has 106 valence electrons. The third-order valence-corrected chi connectivity index (χ3v) is 3.98. The number of anilines is 1. The quantitative estimate of drug-likeness (QED) is 0.684. The molecule has 0 aliphatic rings. The highest BCUT2D eigenvalue weighted by Gasteiger charge is 2.30. The summed E-state index contributed by atoms with van der Waals surface area (Å²) >= 11 is 0. The molecule has 0 aromatic carbocycles. The van der Waals surface area contributed by atoms with Gasteiger partial charge in [-0.25, -0.2) is 18.1 Å². The van der Waals surface area contributed by atoms with Crippen molar-refractivity contribution < 1.29 is 13.2 Å². The van der Waals surface area contributed by atoms with Crippen LogP contribution in [0.25, 0.3) is 0 Å². The Morgan fingerprint density at radius 3 is 2.63 bits per heavy atom. The van der Waals surface area contributed by atoms with E-state index in [1.54, 1.807) is 33.0 Å². The fourth-order valence-corrected chi connectivity index (χ4v) is 3.23. The summed E-state index contributed by atoms with van der Waals surface area (Å²) in [6, 6.07) is 3.22. The lowest BCUT2D eigenvalue weighted by Gasteiger charge is -2.24. The molecule has 1 heterocycles. The van der Waals surface area contributed by atoms with Gasteiger partial charge in [0.15, 0.2) is 5.03 Å². The number of hydrogen-bond donors (Lipinski definition) is 3. The minimum atomic E-state index is -3.84. The van der Waals surface area contributed by atoms with Crippen molar-refractivity contribution in [3.8, 4) is 0 Å². The largest absolute Gasteiger partial charge is 0.386 e. The number of nitrogens with two attached hydrogens (primary N) is 1. The fraction of sp³-hybridized carbons (Fsp3) is 0.455. The maximum absolute atomic E-state index is 12.2. The molecule has 7 nitrogen and oxygen atoms in total. The van der Waals surface area contributed by atoms with E-state index in [0.29, 0.717) is 5.69 Å². The van der Waals surface area contributed by atoms with Gasteiger partial charge >= 0.3 is 0 Å². The van der Waals surface area contributed by atoms with E-state index < -0.39 is 21.5 Å². The van der Waals surface area contributed by atoms with Crippen LogP contribution in [0.4, 0.5) is 5.69 Å². The molecule has 0 saturated heterocycles. The van der Waals surface area contributed by atoms with Crippen LogP contribution >= 0.6 is 0 Å². The van der Waals surface area contributed by atoms with E-state index >= 15 is 0 Å². The highest BCUT2D eigenvalue weighted by atomic mass is 32.2. The van der Waals surface area contributed by atoms with Gasteiger partial charge in [0.2, 0.25) is 5.91 Å². The molecule has 0 fully saturated rings. The molecule has 1 aromatic heterocycles. The van der Waals surface area contributed by atoms with Crippen LogP contribution in [-0.4, -0.2) is 31.9 Å². The zero-order valence-electron chi connectivity index (χ0n) is 11.1. The molecule has 1 amide bonds. The van der Waals surface area contributed by atoms with Crippen LogP contribution in [-0.2, 0) is 14.8 Å². The lowest BCUT2D eigenvalue weighted by Crippen LogP contribution is -2.46. The van der Waals surface area contributed by atoms with Gasteiger partial charge in [0, 0.05) is 25.2 Å². The second kappa shape index (κ2) is 5.54. The lowest BCUT2D eigenvalue weighted by molar-refractivity contribution is -0.119. The van der Waals surface area contributed by atoms with Crippen molar-refractivity contribution in [1.29, 1.82) is 0 Å². The summed E-state index contributed by atoms with van der Waals surface area (Å²) in [5, 5.41) is 2.64. The van der Waals surface area contributed by atoms with Crippen molar-refractivity contribution in [2.24, 2.45) is 5.73 Å². The second-order valence-corrected chi connectivity index (χ2v) is 6.34. The Balaban J connectivity index is 3.08. The molecule has 0 radical (unpaired) electrons. The van der Waals surface area contributed by atoms with Gasteiger partial charge in [-0.15, -0.1) is 0 Å². The monoisotopic (exact) mass is 286 g/mol. The summed E-state index contributed by atoms with van der Waals surface area (Å²) in [5.74, 6) is -0.581. The van der Waals surface area contributed by atoms with E-state index in [1.807, 2.05) is 0 Å². The number of sulfonamides is 1. The van der Waals surface area contributed by atoms with Gasteiger partial charge in [-0.05, 0) is 26.0 Å². The molecular formula is C11H18N4O3S. The number of nitrogens with one attached hydrogen (secondary N) is 2. The number of primary amides is 1. The van der Waals surface area contributed by atoms with E-state index in [-0.39, 0.29) is 11.4 Å². The first-order valence-corrected chi connectivity index (χ1v) is 7.11. The fourth-order valence-electron chi connectivity index (χ4n) is 1.68. The number of nitrogens with zero attached hydrogens (tertiary/aromatic N) is 1. The number of pyridine rings is 1. The first-order chi connectivity index (χ1) is 8.68. The van der Waals surface area contributed by atoms with Gasteiger partial charge < -0.3 is 11.1 Å². The van der Waals surface area contributed by atoms with Gasteiger partial charge in [0.25, 0.3) is 10.0 Å². The molecular weight excluding hydrogens is 268 g/mol. The number of hydrogen-bond acceptors (Lipinski definition) is 5. The summed E-state index contributed by atoms with van der Waals surface area (Å²) < 4.78 is 26.9. The number of aromatic nitrogens is 1. The third kappa shape index (κ3) is 4.18. The average molecular weight is 286 g/mol. The summed E-state index contributed by atoms with van der Waals surface area (Å²) in [4.78, 5) is 14.8. The van der Waals surface area contributed by atoms with Crippen molar-refractivity contribution >= 4 is 21.6 Å². The maximum Gasteiger partial charge on any atom is 0.260 e. The Bertz CT molecular complexity index is 569. The maximum atomic E-state index is 12.2. The molecule has 1 rings (SSSR count). The van der Waals surface area contributed by atoms with Crippen LogP contribution in [0.2, 0.25) is 0 Å². The molecule has 19 heavy (non-hydrogen) atoms. The van der Waals surface area contributed by atoms with E-state index in [0.717, 1.165) is 0 Å². The lowest BCUT2D eigenvalue weighted by atomic mass is 10.0. The average Bonchev–Trinajstić information content (AvgIpc) is 2.25. The van der Waals surface area contributed by atoms with Gasteiger partial charge in [0.1, 0.15) is 0 Å². The van der Waals surface area contributed by atoms with E-state index in [9.17, 15) is 13.2 Å². The predicted molar refractivity (Wildman–Crippen MR) is 72.0 cm³/mol. The van der Waals surface area contributed by atoms with E-state index in [1.165, 1.54) is 6.20 Å². The molecule has 4 N–H and O–H groups in total. The molecule has 1 aromatic rings. The first-order valence-electron chi connectivity index (χ1n) is 5.63. The summed E-state index contributed by atoms with van der Waals surface area (Å²) in [6.45, 7) is 3.16. The van der Waals surface area contributed by atoms with Crippen LogP contribution in [0.1, 0.15) is 20.3 Å². The van der Waals surface area contributed by atoms with Crippen LogP contribution in [0.15, 0.2) is 23.4 Å². The molecule has 0 spiro atoms. The molecule has 0 saturated carbocycles. The van der Waals surface area contributed by atoms with Crippen LogP contribution in [0.5, 0.6) is 0 Å². The summed E-state index contributed by atoms with van der Waals surface area (Å²) in [5.41, 5.74) is 4.49. The predicted octanol–water partition coefficient (Wildman–Crippen LogP) is 0.0556. The van der Waals surface area contributed by atoms with Gasteiger partial charge in [-0.3, -0.25) is 4.79 Å². The van der Waals surface area contributed by atoms with Crippen molar-refractivity contribution in [3.05, 3.63) is 18.3 Å². The normalized spacial score (nSPS) is 12.2. The summed E-state index contributed by atoms with van der Waals surface area (Å²) in [6.07, 6.45) is 1.28. The van der Waals surface area contributed by atoms with Crippen LogP contribution in [0, 0.1) is 0 Å². The van der Waals surface area contributed by atoms with E-state index in [4.69, 9.17) is 5.73 Å². The topological polar surface area (TPSA) is 114 Å². The van der Waals surface area contributed by atoms with Crippen LogP contribution in [0.3, 0.4) is 0 Å². The SMILES string of the molecule is CNc1cccnc1S(=O)(=O)NC(C)(C)CC(N)=O. The minimum absolute atomic E-state index is 0.103. The Morgan fingerprint density at radius 2 is 2.11 bits per heavy atom. The molecule has 0 aliphatic heterocycles. The van der Waals surface area contributed by atoms with Crippen molar-refractivity contribution in [2.45, 2.75) is 30.8 Å². The number of rotatable bonds is 6. The zero-order chi connectivity index (χ0) is 14.7. The molecule has 0 unspecified atom stereocenters. The van der Waals surface area contributed by atoms with Crippen molar-refractivity contribution in [2.75, 3.05) is 12.4 Å². The van der Waals surface area contributed by atoms with Crippen molar-refractivity contribution in [3.63, 3.8) is 0 Å². The molecule has 0 aliphatic carbocycles. The van der Waals surface area contributed by atoms with Crippen LogP contribution < -0.4 is 15.8 Å². The van der Waals surface area contributed by atoms with E-state index in [2.05, 4.69) is 15.0 Å². The Labute approximate surface area is 112 Å². The Hall–Kier alpha value is -1.67. The molecule has 0 bridgehead atoms. The van der Waals surface area contributed by atoms with Gasteiger partial charge in [0.05, 0.1) is 5.69 Å². The third-order valence-electron chi connectivity index (χ3n) is 2.32. The number of amides is 1. The summed E-state index contributed by atoms with van der Waals surface area (Å²) in [7, 11) is -2.24. The second-order valence-electron chi connectivity index (χ2n) is 4.74. The molecule has 8 heteroatoms. The Kier molecular flexibility index (Phi) is 4.48. The minimum Gasteiger partial charge on any atom is -0.386 e. The Morgan fingerprint density at radius 1 is 1.47 bits per heavy atom. The van der Waals surface area contributed by atoms with Gasteiger partial charge in [-0.2, -0.15) is 0 Å². The standard InChI is InChI=1S/C11H18N4O3S/c1-11(2,7-9(12)16)15-19(17,18)10-8(13-3)5-4-6-14-10/h4-6,13,15H,7H2,1-3H3,(H2,12,16). The highest BCUT2D eigenvalue weighted by Crippen LogP contribution is 2.20.